The SMILES string of the molecule is CC(C)(O)C#Cc1ccn(C2CCCC2)n1. The van der Waals surface area contributed by atoms with Crippen LogP contribution in [0.4, 0.5) is 0 Å². The van der Waals surface area contributed by atoms with Crippen molar-refractivity contribution in [1.29, 1.82) is 0 Å². The average molecular weight is 218 g/mol. The number of aromatic nitrogens is 2. The molecule has 1 aliphatic carbocycles. The van der Waals surface area contributed by atoms with Crippen LogP contribution in [0.2, 0.25) is 0 Å². The van der Waals surface area contributed by atoms with Crippen molar-refractivity contribution in [3.05, 3.63) is 18.0 Å². The molecule has 1 aliphatic rings. The van der Waals surface area contributed by atoms with Crippen LogP contribution in [0.1, 0.15) is 51.3 Å². The van der Waals surface area contributed by atoms with Crippen LogP contribution in [0.3, 0.4) is 0 Å². The van der Waals surface area contributed by atoms with Crippen LogP contribution in [0, 0.1) is 11.8 Å². The molecule has 0 bridgehead atoms. The summed E-state index contributed by atoms with van der Waals surface area (Å²) in [6.07, 6.45) is 7.04. The van der Waals surface area contributed by atoms with Gasteiger partial charge in [0.25, 0.3) is 0 Å². The van der Waals surface area contributed by atoms with Gasteiger partial charge in [-0.1, -0.05) is 18.8 Å². The van der Waals surface area contributed by atoms with Gasteiger partial charge in [-0.05, 0) is 38.7 Å². The summed E-state index contributed by atoms with van der Waals surface area (Å²) in [4.78, 5) is 0. The van der Waals surface area contributed by atoms with Gasteiger partial charge in [0.05, 0.1) is 6.04 Å². The largest absolute Gasteiger partial charge is 0.378 e. The maximum atomic E-state index is 9.49. The molecule has 3 heteroatoms. The first-order valence-corrected chi connectivity index (χ1v) is 5.85. The van der Waals surface area contributed by atoms with Crippen LogP contribution in [-0.2, 0) is 0 Å². The standard InChI is InChI=1S/C13H18N2O/c1-13(2,16)9-7-11-8-10-15(14-11)12-5-3-4-6-12/h8,10,12,16H,3-6H2,1-2H3. The fourth-order valence-electron chi connectivity index (χ4n) is 1.99. The number of nitrogens with zero attached hydrogens (tertiary/aromatic N) is 2. The third-order valence-electron chi connectivity index (χ3n) is 2.80. The topological polar surface area (TPSA) is 38.0 Å². The molecule has 0 spiro atoms. The second kappa shape index (κ2) is 4.31. The molecule has 1 aromatic heterocycles. The molecule has 0 aromatic carbocycles. The molecule has 0 unspecified atom stereocenters. The summed E-state index contributed by atoms with van der Waals surface area (Å²) in [5, 5.41) is 13.9. The average Bonchev–Trinajstić information content (AvgIpc) is 2.84. The third-order valence-corrected chi connectivity index (χ3v) is 2.80. The molecule has 0 amide bonds. The van der Waals surface area contributed by atoms with Crippen LogP contribution in [0.5, 0.6) is 0 Å². The molecule has 16 heavy (non-hydrogen) atoms. The number of aliphatic hydroxyl groups is 1. The van der Waals surface area contributed by atoms with E-state index in [2.05, 4.69) is 16.9 Å². The second-order valence-electron chi connectivity index (χ2n) is 4.93. The molecule has 1 aromatic rings. The summed E-state index contributed by atoms with van der Waals surface area (Å²) in [7, 11) is 0. The number of rotatable bonds is 1. The van der Waals surface area contributed by atoms with Gasteiger partial charge in [-0.15, -0.1) is 0 Å². The summed E-state index contributed by atoms with van der Waals surface area (Å²) in [5.74, 6) is 5.67. The van der Waals surface area contributed by atoms with Crippen LogP contribution in [-0.4, -0.2) is 20.5 Å². The highest BCUT2D eigenvalue weighted by Gasteiger charge is 2.17. The first-order valence-electron chi connectivity index (χ1n) is 5.85. The molecule has 0 saturated heterocycles. The Bertz CT molecular complexity index is 411. The van der Waals surface area contributed by atoms with Crippen molar-refractivity contribution in [2.45, 2.75) is 51.2 Å². The smallest absolute Gasteiger partial charge is 0.135 e. The van der Waals surface area contributed by atoms with Crippen LogP contribution in [0.25, 0.3) is 0 Å². The predicted molar refractivity (Wildman–Crippen MR) is 62.9 cm³/mol. The van der Waals surface area contributed by atoms with Gasteiger partial charge in [0.2, 0.25) is 0 Å². The Morgan fingerprint density at radius 1 is 1.44 bits per heavy atom. The Morgan fingerprint density at radius 2 is 2.12 bits per heavy atom. The monoisotopic (exact) mass is 218 g/mol. The molecule has 1 saturated carbocycles. The first kappa shape index (κ1) is 11.2. The van der Waals surface area contributed by atoms with Crippen molar-refractivity contribution < 1.29 is 5.11 Å². The van der Waals surface area contributed by atoms with Gasteiger partial charge in [-0.3, -0.25) is 4.68 Å². The summed E-state index contributed by atoms with van der Waals surface area (Å²) < 4.78 is 2.02. The Kier molecular flexibility index (Phi) is 3.02. The van der Waals surface area contributed by atoms with E-state index in [1.54, 1.807) is 13.8 Å². The molecule has 3 nitrogen and oxygen atoms in total. The molecule has 2 rings (SSSR count). The lowest BCUT2D eigenvalue weighted by Crippen LogP contribution is -2.14. The molecular formula is C13H18N2O. The molecule has 86 valence electrons. The number of hydrogen-bond acceptors (Lipinski definition) is 2. The van der Waals surface area contributed by atoms with E-state index in [9.17, 15) is 5.11 Å². The van der Waals surface area contributed by atoms with Crippen molar-refractivity contribution >= 4 is 0 Å². The van der Waals surface area contributed by atoms with E-state index in [-0.39, 0.29) is 0 Å². The highest BCUT2D eigenvalue weighted by molar-refractivity contribution is 5.28. The Balaban J connectivity index is 2.09. The lowest BCUT2D eigenvalue weighted by Gasteiger charge is -2.08. The molecular weight excluding hydrogens is 200 g/mol. The lowest BCUT2D eigenvalue weighted by atomic mass is 10.1. The summed E-state index contributed by atoms with van der Waals surface area (Å²) in [6.45, 7) is 3.35. The van der Waals surface area contributed by atoms with Crippen molar-refractivity contribution in [3.63, 3.8) is 0 Å². The quantitative estimate of drug-likeness (QED) is 0.733. The van der Waals surface area contributed by atoms with E-state index in [4.69, 9.17) is 0 Å². The minimum absolute atomic E-state index is 0.553. The normalized spacial score (nSPS) is 17.2. The van der Waals surface area contributed by atoms with Gasteiger partial charge in [0.15, 0.2) is 0 Å². The van der Waals surface area contributed by atoms with Crippen LogP contribution in [0.15, 0.2) is 12.3 Å². The maximum Gasteiger partial charge on any atom is 0.135 e. The molecule has 0 atom stereocenters. The van der Waals surface area contributed by atoms with Gasteiger partial charge < -0.3 is 5.11 Å². The first-order chi connectivity index (χ1) is 7.54. The molecule has 1 N–H and O–H groups in total. The molecule has 1 heterocycles. The molecule has 0 radical (unpaired) electrons. The predicted octanol–water partition coefficient (Wildman–Crippen LogP) is 2.12. The van der Waals surface area contributed by atoms with Crippen molar-refractivity contribution in [1.82, 2.24) is 9.78 Å². The van der Waals surface area contributed by atoms with E-state index in [0.717, 1.165) is 5.69 Å². The number of hydrogen-bond donors (Lipinski definition) is 1. The van der Waals surface area contributed by atoms with E-state index in [1.165, 1.54) is 25.7 Å². The fourth-order valence-corrected chi connectivity index (χ4v) is 1.99. The van der Waals surface area contributed by atoms with Gasteiger partial charge >= 0.3 is 0 Å². The van der Waals surface area contributed by atoms with Gasteiger partial charge in [0.1, 0.15) is 11.3 Å². The van der Waals surface area contributed by atoms with Crippen LogP contribution < -0.4 is 0 Å². The van der Waals surface area contributed by atoms with E-state index < -0.39 is 5.60 Å². The third kappa shape index (κ3) is 2.86. The van der Waals surface area contributed by atoms with Crippen molar-refractivity contribution in [2.24, 2.45) is 0 Å². The fraction of sp³-hybridized carbons (Fsp3) is 0.615. The summed E-state index contributed by atoms with van der Waals surface area (Å²) in [6, 6.07) is 2.47. The van der Waals surface area contributed by atoms with Gasteiger partial charge in [-0.2, -0.15) is 5.10 Å². The van der Waals surface area contributed by atoms with E-state index in [0.29, 0.717) is 6.04 Å². The maximum absolute atomic E-state index is 9.49. The van der Waals surface area contributed by atoms with E-state index >= 15 is 0 Å². The Morgan fingerprint density at radius 3 is 2.75 bits per heavy atom. The Hall–Kier alpha value is -1.27. The van der Waals surface area contributed by atoms with Gasteiger partial charge in [-0.25, -0.2) is 0 Å². The summed E-state index contributed by atoms with van der Waals surface area (Å²) in [5.41, 5.74) is -0.203. The van der Waals surface area contributed by atoms with E-state index in [1.807, 2.05) is 16.9 Å². The minimum Gasteiger partial charge on any atom is -0.378 e. The second-order valence-corrected chi connectivity index (χ2v) is 4.93. The van der Waals surface area contributed by atoms with Crippen LogP contribution >= 0.6 is 0 Å². The molecule has 1 fully saturated rings. The zero-order valence-corrected chi connectivity index (χ0v) is 9.90. The van der Waals surface area contributed by atoms with Crippen molar-refractivity contribution in [3.8, 4) is 11.8 Å². The zero-order chi connectivity index (χ0) is 11.6. The van der Waals surface area contributed by atoms with Gasteiger partial charge in [0, 0.05) is 6.20 Å². The summed E-state index contributed by atoms with van der Waals surface area (Å²) >= 11 is 0. The highest BCUT2D eigenvalue weighted by atomic mass is 16.3. The zero-order valence-electron chi connectivity index (χ0n) is 9.90. The molecule has 0 aliphatic heterocycles. The minimum atomic E-state index is -0.947. The Labute approximate surface area is 96.5 Å². The highest BCUT2D eigenvalue weighted by Crippen LogP contribution is 2.28. The van der Waals surface area contributed by atoms with Crippen molar-refractivity contribution in [2.75, 3.05) is 0 Å². The lowest BCUT2D eigenvalue weighted by molar-refractivity contribution is 0.143.